The number of furan rings is 2. The van der Waals surface area contributed by atoms with Gasteiger partial charge in [-0.1, -0.05) is 172 Å². The van der Waals surface area contributed by atoms with Crippen molar-refractivity contribution in [1.29, 1.82) is 0 Å². The molecule has 323 valence electrons. The summed E-state index contributed by atoms with van der Waals surface area (Å²) in [5.74, 6) is 0.511. The predicted molar refractivity (Wildman–Crippen MR) is 273 cm³/mol. The quantitative estimate of drug-likeness (QED) is 0.103. The monoisotopic (exact) mass is 923 g/mol. The molecule has 0 bridgehead atoms. The number of hydrogen-bond acceptors (Lipinski definition) is 8. The number of para-hydroxylation sites is 2. The van der Waals surface area contributed by atoms with Gasteiger partial charge in [-0.15, -0.1) is 0 Å². The lowest BCUT2D eigenvalue weighted by Gasteiger charge is -2.09. The third-order valence-electron chi connectivity index (χ3n) is 10.7. The number of nitrogens with zero attached hydrogens (tertiary/aromatic N) is 4. The molecule has 0 saturated carbocycles. The topological polar surface area (TPSA) is 107 Å². The van der Waals surface area contributed by atoms with E-state index in [9.17, 15) is 0 Å². The van der Waals surface area contributed by atoms with Crippen LogP contribution in [0.1, 0.15) is 14.9 Å². The lowest BCUT2D eigenvalue weighted by atomic mass is 9.98. The van der Waals surface area contributed by atoms with E-state index in [1.54, 1.807) is 6.07 Å². The Morgan fingerprint density at radius 3 is 1.44 bits per heavy atom. The molecule has 0 spiro atoms. The molecule has 8 nitrogen and oxygen atoms in total. The maximum absolute atomic E-state index is 8.94. The van der Waals surface area contributed by atoms with Crippen LogP contribution in [-0.2, 0) is 0 Å². The Balaban J connectivity index is 0.000000143. The zero-order valence-corrected chi connectivity index (χ0v) is 35.8. The van der Waals surface area contributed by atoms with Gasteiger partial charge in [-0.05, 0) is 75.1 Å². The van der Waals surface area contributed by atoms with E-state index in [0.717, 1.165) is 93.6 Å². The lowest BCUT2D eigenvalue weighted by molar-refractivity contribution is 0.451. The second-order valence-electron chi connectivity index (χ2n) is 14.6. The molecule has 0 unspecified atom stereocenters. The molecule has 0 aliphatic heterocycles. The summed E-state index contributed by atoms with van der Waals surface area (Å²) in [4.78, 5) is 16.8. The minimum atomic E-state index is 0. The molecule has 0 saturated heterocycles. The predicted octanol–water partition coefficient (Wildman–Crippen LogP) is 15.9. The largest absolute Gasteiger partial charge is 0.569 e. The third kappa shape index (κ3) is 9.03. The smallest absolute Gasteiger partial charge is 0.535 e. The van der Waals surface area contributed by atoms with Crippen LogP contribution in [0, 0.1) is 0 Å². The summed E-state index contributed by atoms with van der Waals surface area (Å²) in [5.41, 5.74) is 8.24. The molecule has 0 fully saturated rings. The van der Waals surface area contributed by atoms with Crippen molar-refractivity contribution in [2.24, 2.45) is 0 Å². The van der Waals surface area contributed by atoms with E-state index in [-0.39, 0.29) is 25.4 Å². The van der Waals surface area contributed by atoms with Gasteiger partial charge in [0.25, 0.3) is 0 Å². The van der Waals surface area contributed by atoms with Crippen LogP contribution in [0.25, 0.3) is 99.2 Å². The molecule has 8 aromatic carbocycles. The molecule has 66 heavy (non-hydrogen) atoms. The summed E-state index contributed by atoms with van der Waals surface area (Å²) in [6.45, 7) is 0. The number of halogens is 3. The summed E-state index contributed by atoms with van der Waals surface area (Å²) in [5, 5.41) is 18.3. The number of benzene rings is 8. The second-order valence-corrected chi connectivity index (χ2v) is 15.6. The van der Waals surface area contributed by atoms with E-state index < -0.39 is 0 Å². The van der Waals surface area contributed by atoms with Crippen LogP contribution >= 0.6 is 34.8 Å². The fraction of sp³-hybridized carbons (Fsp3) is 0.0370. The molecule has 0 atom stereocenters. The molecule has 12 heteroatoms. The summed E-state index contributed by atoms with van der Waals surface area (Å²) < 4.78 is 17.4. The normalized spacial score (nSPS) is 10.8. The van der Waals surface area contributed by atoms with E-state index in [1.807, 2.05) is 140 Å². The molecule has 1 N–H and O–H groups in total. The van der Waals surface area contributed by atoms with Crippen LogP contribution in [0.5, 0.6) is 5.75 Å². The van der Waals surface area contributed by atoms with E-state index in [4.69, 9.17) is 53.3 Å². The third-order valence-corrected chi connectivity index (χ3v) is 11.2. The minimum Gasteiger partial charge on any atom is -0.535 e. The van der Waals surface area contributed by atoms with Gasteiger partial charge in [0.15, 0.2) is 5.58 Å². The molecular weight excluding hydrogens is 886 g/mol. The molecule has 12 aromatic rings. The highest BCUT2D eigenvalue weighted by molar-refractivity contribution is 6.32. The SMILES string of the molecule is C.C.Clc1cc(-c2ccccc2)nc(Cl)n1.Clc1nc(-c2ccccc2)cc(-c2cc3ccccc3c3c2oc2ccccc23)n1.O[B]Oc1cc2ccccc2c2c1oc1ccccc12. The van der Waals surface area contributed by atoms with E-state index in [2.05, 4.69) is 56.3 Å². The Morgan fingerprint density at radius 2 is 0.879 bits per heavy atom. The van der Waals surface area contributed by atoms with Crippen LogP contribution < -0.4 is 4.65 Å². The maximum Gasteiger partial charge on any atom is 0.569 e. The van der Waals surface area contributed by atoms with Gasteiger partial charge in [0, 0.05) is 44.3 Å². The van der Waals surface area contributed by atoms with Gasteiger partial charge in [-0.2, -0.15) is 0 Å². The average Bonchev–Trinajstić information content (AvgIpc) is 3.92. The summed E-state index contributed by atoms with van der Waals surface area (Å²) in [7, 11) is 0.677. The van der Waals surface area contributed by atoms with Crippen LogP contribution in [0.15, 0.2) is 191 Å². The Bertz CT molecular complexity index is 3620. The fourth-order valence-electron chi connectivity index (χ4n) is 7.91. The molecule has 0 amide bonds. The zero-order chi connectivity index (χ0) is 43.6. The van der Waals surface area contributed by atoms with Gasteiger partial charge >= 0.3 is 7.69 Å². The zero-order valence-electron chi connectivity index (χ0n) is 33.5. The Hall–Kier alpha value is -7.27. The number of hydrogen-bond donors (Lipinski definition) is 1. The van der Waals surface area contributed by atoms with Crippen LogP contribution in [0.2, 0.25) is 15.7 Å². The van der Waals surface area contributed by atoms with Crippen LogP contribution in [0.4, 0.5) is 0 Å². The van der Waals surface area contributed by atoms with Crippen molar-refractivity contribution in [1.82, 2.24) is 19.9 Å². The molecule has 0 aliphatic rings. The Morgan fingerprint density at radius 1 is 0.439 bits per heavy atom. The summed E-state index contributed by atoms with van der Waals surface area (Å²) in [6.07, 6.45) is 0. The van der Waals surface area contributed by atoms with Crippen LogP contribution in [0.3, 0.4) is 0 Å². The van der Waals surface area contributed by atoms with E-state index in [0.29, 0.717) is 24.2 Å². The molecule has 4 heterocycles. The maximum atomic E-state index is 8.94. The van der Waals surface area contributed by atoms with Crippen molar-refractivity contribution in [2.45, 2.75) is 14.9 Å². The van der Waals surface area contributed by atoms with Crippen molar-refractivity contribution < 1.29 is 18.5 Å². The van der Waals surface area contributed by atoms with Gasteiger partial charge in [0.2, 0.25) is 10.6 Å². The first-order valence-electron chi connectivity index (χ1n) is 20.1. The summed E-state index contributed by atoms with van der Waals surface area (Å²) in [6, 6.07) is 59.7. The van der Waals surface area contributed by atoms with E-state index >= 15 is 0 Å². The number of rotatable bonds is 5. The van der Waals surface area contributed by atoms with Crippen molar-refractivity contribution in [2.75, 3.05) is 0 Å². The Kier molecular flexibility index (Phi) is 13.6. The van der Waals surface area contributed by atoms with Crippen molar-refractivity contribution in [3.8, 4) is 39.5 Å². The standard InChI is InChI=1S/C26H15ClN2O.C16H10BO3.C10H6Cl2N2.2CH4/c27-26-28-21(16-8-2-1-3-9-16)15-22(29-26)20-14-17-10-4-5-11-18(17)24-19-12-6-7-13-23(19)30-25(20)24;18-17-20-14-9-10-5-1-2-6-11(10)15-12-7-3-4-8-13(12)19-16(14)15;11-9-6-8(13-10(12)14-9)7-4-2-1-3-5-7;;/h1-15H;1-9,18H;1-6H;2*1H4. The van der Waals surface area contributed by atoms with Crippen molar-refractivity contribution in [3.05, 3.63) is 198 Å². The number of fused-ring (bicyclic) bond motifs is 10. The first-order valence-corrected chi connectivity index (χ1v) is 21.2. The first kappa shape index (κ1) is 45.3. The van der Waals surface area contributed by atoms with Gasteiger partial charge in [-0.3, -0.25) is 0 Å². The van der Waals surface area contributed by atoms with Crippen molar-refractivity contribution >= 4 is 108 Å². The highest BCUT2D eigenvalue weighted by atomic mass is 35.5. The lowest BCUT2D eigenvalue weighted by Crippen LogP contribution is -1.99. The van der Waals surface area contributed by atoms with Gasteiger partial charge in [0.05, 0.1) is 17.1 Å². The van der Waals surface area contributed by atoms with Gasteiger partial charge < -0.3 is 18.5 Å². The van der Waals surface area contributed by atoms with Gasteiger partial charge in [0.1, 0.15) is 27.7 Å². The second kappa shape index (κ2) is 19.9. The minimum absolute atomic E-state index is 0. The summed E-state index contributed by atoms with van der Waals surface area (Å²) >= 11 is 17.8. The fourth-order valence-corrected chi connectivity index (χ4v) is 8.50. The van der Waals surface area contributed by atoms with Crippen LogP contribution in [-0.4, -0.2) is 32.6 Å². The highest BCUT2D eigenvalue weighted by Crippen LogP contribution is 2.42. The molecule has 4 aromatic heterocycles. The molecule has 0 aliphatic carbocycles. The Labute approximate surface area is 396 Å². The molecular formula is C54H39BCl3N4O4. The van der Waals surface area contributed by atoms with Gasteiger partial charge in [-0.25, -0.2) is 19.9 Å². The molecule has 12 rings (SSSR count). The van der Waals surface area contributed by atoms with Crippen molar-refractivity contribution in [3.63, 3.8) is 0 Å². The van der Waals surface area contributed by atoms with E-state index in [1.165, 1.54) is 0 Å². The first-order chi connectivity index (χ1) is 31.4. The average molecular weight is 925 g/mol. The highest BCUT2D eigenvalue weighted by Gasteiger charge is 2.19. The molecule has 1 radical (unpaired) electrons. The number of aromatic nitrogens is 4.